The molecule has 21 heavy (non-hydrogen) atoms. The van der Waals surface area contributed by atoms with Gasteiger partial charge in [-0.05, 0) is 43.3 Å². The summed E-state index contributed by atoms with van der Waals surface area (Å²) < 4.78 is 15.9. The molecule has 0 aliphatic heterocycles. The molecule has 1 N–H and O–H groups in total. The number of hydrogen-bond donors (Lipinski definition) is 1. The molecule has 1 amide bonds. The van der Waals surface area contributed by atoms with Gasteiger partial charge in [-0.2, -0.15) is 0 Å². The van der Waals surface area contributed by atoms with Gasteiger partial charge >= 0.3 is 0 Å². The van der Waals surface area contributed by atoms with Crippen molar-refractivity contribution in [2.75, 3.05) is 20.3 Å². The molecule has 0 saturated heterocycles. The normalized spacial score (nSPS) is 11.9. The highest BCUT2D eigenvalue weighted by Crippen LogP contribution is 2.16. The maximum atomic E-state index is 12.1. The zero-order valence-corrected chi connectivity index (χ0v) is 12.2. The minimum atomic E-state index is -0.299. The van der Waals surface area contributed by atoms with Crippen LogP contribution >= 0.6 is 0 Å². The van der Waals surface area contributed by atoms with Gasteiger partial charge in [0.2, 0.25) is 0 Å². The van der Waals surface area contributed by atoms with Crippen molar-refractivity contribution in [3.8, 4) is 5.75 Å². The minimum Gasteiger partial charge on any atom is -0.494 e. The molecule has 0 aliphatic rings. The zero-order chi connectivity index (χ0) is 15.1. The summed E-state index contributed by atoms with van der Waals surface area (Å²) in [7, 11) is 1.58. The van der Waals surface area contributed by atoms with Crippen molar-refractivity contribution in [1.82, 2.24) is 5.32 Å². The fourth-order valence-corrected chi connectivity index (χ4v) is 1.93. The van der Waals surface area contributed by atoms with E-state index in [-0.39, 0.29) is 12.0 Å². The lowest BCUT2D eigenvalue weighted by Crippen LogP contribution is -2.28. The fourth-order valence-electron chi connectivity index (χ4n) is 1.93. The smallest absolute Gasteiger partial charge is 0.251 e. The first-order valence-electron chi connectivity index (χ1n) is 6.81. The summed E-state index contributed by atoms with van der Waals surface area (Å²) in [5, 5.41) is 2.82. The van der Waals surface area contributed by atoms with E-state index in [1.807, 2.05) is 13.0 Å². The van der Waals surface area contributed by atoms with Crippen LogP contribution in [0.2, 0.25) is 0 Å². The van der Waals surface area contributed by atoms with Crippen molar-refractivity contribution in [3.05, 3.63) is 54.0 Å². The highest BCUT2D eigenvalue weighted by molar-refractivity contribution is 5.94. The van der Waals surface area contributed by atoms with E-state index in [2.05, 4.69) is 5.32 Å². The van der Waals surface area contributed by atoms with Gasteiger partial charge in [0, 0.05) is 12.7 Å². The summed E-state index contributed by atoms with van der Waals surface area (Å²) >= 11 is 0. The van der Waals surface area contributed by atoms with Gasteiger partial charge in [-0.15, -0.1) is 0 Å². The molecule has 0 saturated carbocycles. The molecule has 0 fully saturated rings. The van der Waals surface area contributed by atoms with Gasteiger partial charge in [0.25, 0.3) is 5.91 Å². The van der Waals surface area contributed by atoms with Crippen molar-refractivity contribution in [2.45, 2.75) is 13.0 Å². The Bertz CT molecular complexity index is 548. The first-order valence-corrected chi connectivity index (χ1v) is 6.81. The number of benzene rings is 1. The molecular formula is C16H19NO4. The minimum absolute atomic E-state index is 0.161. The standard InChI is InChI=1S/C16H19NO4/c1-3-20-13-8-6-12(7-9-13)16(18)17-11-15(19-2)14-5-4-10-21-14/h4-10,15H,3,11H2,1-2H3,(H,17,18)/t15-/m1/s1. The third-order valence-corrected chi connectivity index (χ3v) is 3.02. The van der Waals surface area contributed by atoms with E-state index < -0.39 is 0 Å². The monoisotopic (exact) mass is 289 g/mol. The Labute approximate surface area is 123 Å². The van der Waals surface area contributed by atoms with Crippen LogP contribution < -0.4 is 10.1 Å². The van der Waals surface area contributed by atoms with Crippen LogP contribution in [0.1, 0.15) is 29.1 Å². The number of rotatable bonds is 7. The average molecular weight is 289 g/mol. The quantitative estimate of drug-likeness (QED) is 0.851. The van der Waals surface area contributed by atoms with E-state index in [4.69, 9.17) is 13.9 Å². The molecule has 2 rings (SSSR count). The van der Waals surface area contributed by atoms with Gasteiger partial charge in [0.1, 0.15) is 17.6 Å². The Morgan fingerprint density at radius 1 is 1.29 bits per heavy atom. The Morgan fingerprint density at radius 2 is 2.05 bits per heavy atom. The van der Waals surface area contributed by atoms with Crippen molar-refractivity contribution in [3.63, 3.8) is 0 Å². The summed E-state index contributed by atoms with van der Waals surface area (Å²) in [6.45, 7) is 2.86. The van der Waals surface area contributed by atoms with E-state index in [1.165, 1.54) is 0 Å². The summed E-state index contributed by atoms with van der Waals surface area (Å²) in [5.41, 5.74) is 0.577. The van der Waals surface area contributed by atoms with Crippen LogP contribution in [0.4, 0.5) is 0 Å². The molecule has 1 atom stereocenters. The van der Waals surface area contributed by atoms with Gasteiger partial charge in [0.05, 0.1) is 19.4 Å². The Hall–Kier alpha value is -2.27. The van der Waals surface area contributed by atoms with E-state index in [0.717, 1.165) is 5.75 Å². The number of nitrogens with one attached hydrogen (secondary N) is 1. The number of carbonyl (C=O) groups excluding carboxylic acids is 1. The third kappa shape index (κ3) is 4.10. The summed E-state index contributed by atoms with van der Waals surface area (Å²) in [6.07, 6.45) is 1.28. The number of furan rings is 1. The van der Waals surface area contributed by atoms with Crippen LogP contribution in [-0.4, -0.2) is 26.2 Å². The zero-order valence-electron chi connectivity index (χ0n) is 12.2. The Kier molecular flexibility index (Phi) is 5.40. The Morgan fingerprint density at radius 3 is 2.62 bits per heavy atom. The molecule has 0 aliphatic carbocycles. The SMILES string of the molecule is CCOc1ccc(C(=O)NC[C@@H](OC)c2ccco2)cc1. The van der Waals surface area contributed by atoms with Crippen molar-refractivity contribution in [2.24, 2.45) is 0 Å². The van der Waals surface area contributed by atoms with E-state index in [1.54, 1.807) is 43.7 Å². The second-order valence-corrected chi connectivity index (χ2v) is 4.41. The van der Waals surface area contributed by atoms with Crippen LogP contribution in [-0.2, 0) is 4.74 Å². The lowest BCUT2D eigenvalue weighted by atomic mass is 10.2. The van der Waals surface area contributed by atoms with Crippen LogP contribution in [0.15, 0.2) is 47.1 Å². The van der Waals surface area contributed by atoms with Crippen molar-refractivity contribution >= 4 is 5.91 Å². The first-order chi connectivity index (χ1) is 10.2. The molecule has 5 nitrogen and oxygen atoms in total. The second-order valence-electron chi connectivity index (χ2n) is 4.41. The summed E-state index contributed by atoms with van der Waals surface area (Å²) in [4.78, 5) is 12.1. The van der Waals surface area contributed by atoms with E-state index >= 15 is 0 Å². The maximum absolute atomic E-state index is 12.1. The molecular weight excluding hydrogens is 270 g/mol. The Balaban J connectivity index is 1.91. The van der Waals surface area contributed by atoms with E-state index in [9.17, 15) is 4.79 Å². The lowest BCUT2D eigenvalue weighted by molar-refractivity contribution is 0.0738. The lowest BCUT2D eigenvalue weighted by Gasteiger charge is -2.14. The molecule has 1 aromatic heterocycles. The largest absolute Gasteiger partial charge is 0.494 e. The van der Waals surface area contributed by atoms with Crippen molar-refractivity contribution in [1.29, 1.82) is 0 Å². The molecule has 0 bridgehead atoms. The molecule has 112 valence electrons. The molecule has 1 aromatic carbocycles. The highest BCUT2D eigenvalue weighted by Gasteiger charge is 2.15. The summed E-state index contributed by atoms with van der Waals surface area (Å²) in [6, 6.07) is 10.6. The van der Waals surface area contributed by atoms with Gasteiger partial charge in [-0.25, -0.2) is 0 Å². The van der Waals surface area contributed by atoms with Gasteiger partial charge in [-0.1, -0.05) is 0 Å². The number of hydrogen-bond acceptors (Lipinski definition) is 4. The van der Waals surface area contributed by atoms with Crippen LogP contribution in [0.25, 0.3) is 0 Å². The van der Waals surface area contributed by atoms with Gasteiger partial charge < -0.3 is 19.2 Å². The van der Waals surface area contributed by atoms with Crippen LogP contribution in [0, 0.1) is 0 Å². The topological polar surface area (TPSA) is 60.7 Å². The van der Waals surface area contributed by atoms with Gasteiger partial charge in [0.15, 0.2) is 0 Å². The number of amides is 1. The van der Waals surface area contributed by atoms with Crippen molar-refractivity contribution < 1.29 is 18.7 Å². The third-order valence-electron chi connectivity index (χ3n) is 3.02. The predicted molar refractivity (Wildman–Crippen MR) is 78.4 cm³/mol. The predicted octanol–water partition coefficient (Wildman–Crippen LogP) is 2.80. The summed E-state index contributed by atoms with van der Waals surface area (Å²) in [5.74, 6) is 1.27. The fraction of sp³-hybridized carbons (Fsp3) is 0.312. The molecule has 0 spiro atoms. The first kappa shape index (κ1) is 15.1. The number of ether oxygens (including phenoxy) is 2. The number of carbonyl (C=O) groups is 1. The van der Waals surface area contributed by atoms with Crippen LogP contribution in [0.3, 0.4) is 0 Å². The van der Waals surface area contributed by atoms with E-state index in [0.29, 0.717) is 24.5 Å². The molecule has 0 unspecified atom stereocenters. The molecule has 1 heterocycles. The molecule has 5 heteroatoms. The molecule has 2 aromatic rings. The number of methoxy groups -OCH3 is 1. The average Bonchev–Trinajstić information content (AvgIpc) is 3.03. The second kappa shape index (κ2) is 7.50. The van der Waals surface area contributed by atoms with Gasteiger partial charge in [-0.3, -0.25) is 4.79 Å². The van der Waals surface area contributed by atoms with Crippen LogP contribution in [0.5, 0.6) is 5.75 Å². The highest BCUT2D eigenvalue weighted by atomic mass is 16.5. The molecule has 0 radical (unpaired) electrons. The maximum Gasteiger partial charge on any atom is 0.251 e.